The predicted molar refractivity (Wildman–Crippen MR) is 220 cm³/mol. The highest BCUT2D eigenvalue weighted by molar-refractivity contribution is 5.92. The van der Waals surface area contributed by atoms with Gasteiger partial charge in [-0.15, -0.1) is 10.1 Å². The first-order valence-corrected chi connectivity index (χ1v) is 18.9. The van der Waals surface area contributed by atoms with E-state index in [1.807, 2.05) is 161 Å². The van der Waals surface area contributed by atoms with Crippen molar-refractivity contribution in [2.45, 2.75) is 157 Å². The van der Waals surface area contributed by atoms with Gasteiger partial charge in [0.05, 0.1) is 0 Å². The molecule has 0 atom stereocenters. The van der Waals surface area contributed by atoms with Gasteiger partial charge in [-0.05, 0) is 68.9 Å². The van der Waals surface area contributed by atoms with E-state index in [9.17, 15) is 15.3 Å². The molecule has 0 aromatic heterocycles. The number of benzene rings is 3. The molecule has 296 valence electrons. The minimum atomic E-state index is -0.392. The second kappa shape index (κ2) is 14.0. The van der Waals surface area contributed by atoms with Crippen molar-refractivity contribution in [3.8, 4) is 34.5 Å². The summed E-state index contributed by atoms with van der Waals surface area (Å²) in [6, 6.07) is 11.1. The second-order valence-electron chi connectivity index (χ2n) is 20.8. The number of rotatable bonds is 4. The van der Waals surface area contributed by atoms with E-state index in [1.54, 1.807) is 0 Å². The lowest BCUT2D eigenvalue weighted by Gasteiger charge is -2.31. The molecule has 0 bridgehead atoms. The van der Waals surface area contributed by atoms with E-state index in [0.717, 1.165) is 33.4 Å². The van der Waals surface area contributed by atoms with Crippen LogP contribution < -0.4 is 14.3 Å². The third kappa shape index (κ3) is 9.45. The Morgan fingerprint density at radius 3 is 1.02 bits per heavy atom. The van der Waals surface area contributed by atoms with Crippen LogP contribution in [0.2, 0.25) is 0 Å². The Morgan fingerprint density at radius 2 is 0.722 bits per heavy atom. The van der Waals surface area contributed by atoms with Crippen molar-refractivity contribution in [1.82, 2.24) is 5.06 Å². The second-order valence-corrected chi connectivity index (χ2v) is 20.8. The molecule has 0 fully saturated rings. The average molecular weight is 744 g/mol. The molecule has 0 aliphatic carbocycles. The zero-order valence-electron chi connectivity index (χ0n) is 36.1. The fourth-order valence-corrected chi connectivity index (χ4v) is 6.32. The van der Waals surface area contributed by atoms with Crippen molar-refractivity contribution in [2.75, 3.05) is 6.67 Å². The summed E-state index contributed by atoms with van der Waals surface area (Å²) in [7, 11) is 0. The van der Waals surface area contributed by atoms with Gasteiger partial charge in [0, 0.05) is 33.4 Å². The summed E-state index contributed by atoms with van der Waals surface area (Å²) in [5, 5.41) is 35.6. The van der Waals surface area contributed by atoms with Gasteiger partial charge in [0.2, 0.25) is 0 Å². The highest BCUT2D eigenvalue weighted by Crippen LogP contribution is 2.45. The van der Waals surface area contributed by atoms with Crippen molar-refractivity contribution >= 4 is 12.0 Å². The minimum Gasteiger partial charge on any atom is -0.507 e. The molecule has 0 unspecified atom stereocenters. The van der Waals surface area contributed by atoms with Crippen LogP contribution in [-0.4, -0.2) is 39.1 Å². The van der Waals surface area contributed by atoms with Crippen molar-refractivity contribution in [3.63, 3.8) is 0 Å². The topological polar surface area (TPSA) is 116 Å². The van der Waals surface area contributed by atoms with E-state index < -0.39 is 10.8 Å². The highest BCUT2D eigenvalue weighted by Gasteiger charge is 2.33. The summed E-state index contributed by atoms with van der Waals surface area (Å²) in [6.07, 6.45) is 0. The first-order chi connectivity index (χ1) is 24.3. The molecule has 9 nitrogen and oxygen atoms in total. The van der Waals surface area contributed by atoms with Gasteiger partial charge in [0.25, 0.3) is 0 Å². The van der Waals surface area contributed by atoms with Crippen LogP contribution in [0.25, 0.3) is 0 Å². The summed E-state index contributed by atoms with van der Waals surface area (Å²) in [5.74, 6) is 2.15. The summed E-state index contributed by atoms with van der Waals surface area (Å²) in [4.78, 5) is 16.0. The van der Waals surface area contributed by atoms with Gasteiger partial charge in [0.15, 0.2) is 12.4 Å². The Hall–Kier alpha value is -4.40. The monoisotopic (exact) mass is 743 g/mol. The smallest absolute Gasteiger partial charge is 0.338 e. The summed E-state index contributed by atoms with van der Waals surface area (Å²) in [6.45, 7) is 36.8. The molecule has 3 aromatic carbocycles. The first-order valence-electron chi connectivity index (χ1n) is 18.9. The Kier molecular flexibility index (Phi) is 11.0. The van der Waals surface area contributed by atoms with Crippen LogP contribution in [0.1, 0.15) is 158 Å². The lowest BCUT2D eigenvalue weighted by Crippen LogP contribution is -2.42. The van der Waals surface area contributed by atoms with Crippen LogP contribution >= 0.6 is 0 Å². The minimum absolute atomic E-state index is 0.0303. The van der Waals surface area contributed by atoms with Crippen LogP contribution in [0.5, 0.6) is 34.5 Å². The molecule has 0 amide bonds. The zero-order valence-corrected chi connectivity index (χ0v) is 36.1. The molecule has 0 saturated heterocycles. The lowest BCUT2D eigenvalue weighted by molar-refractivity contribution is 0.00168. The van der Waals surface area contributed by atoms with Gasteiger partial charge in [-0.2, -0.15) is 0 Å². The maximum Gasteiger partial charge on any atom is 0.338 e. The van der Waals surface area contributed by atoms with Crippen LogP contribution in [0.15, 0.2) is 46.4 Å². The molecule has 4 rings (SSSR count). The van der Waals surface area contributed by atoms with Crippen molar-refractivity contribution < 1.29 is 29.6 Å². The summed E-state index contributed by atoms with van der Waals surface area (Å²) < 4.78 is 13.0. The number of nitrogens with zero attached hydrogens (tertiary/aromatic N) is 3. The Bertz CT molecular complexity index is 1840. The van der Waals surface area contributed by atoms with Crippen molar-refractivity contribution in [3.05, 3.63) is 69.8 Å². The van der Waals surface area contributed by atoms with Gasteiger partial charge in [-0.25, -0.2) is 4.99 Å². The standard InChI is InChI=1S/C45H65N3O6/c1-40(2,3)29-19-26(20-30(35(29)49)41(4,5)6)52-38-46-25-48(54-28-23-33(44(13,14)15)37(51)34(24-28)45(16,17)18)39(47-38)53-27-21-31(42(7,8)9)36(50)32(22-27)43(10,11)12/h19-24,49-51H,25H2,1-18H3. The van der Waals surface area contributed by atoms with Crippen molar-refractivity contribution in [2.24, 2.45) is 9.98 Å². The van der Waals surface area contributed by atoms with E-state index in [2.05, 4.69) is 4.99 Å². The Morgan fingerprint density at radius 1 is 0.444 bits per heavy atom. The van der Waals surface area contributed by atoms with Crippen LogP contribution in [-0.2, 0) is 32.5 Å². The van der Waals surface area contributed by atoms with Gasteiger partial charge in [0.1, 0.15) is 28.7 Å². The van der Waals surface area contributed by atoms with Gasteiger partial charge >= 0.3 is 12.0 Å². The van der Waals surface area contributed by atoms with Gasteiger partial charge < -0.3 is 29.6 Å². The number of aliphatic imine (C=N–C) groups is 2. The van der Waals surface area contributed by atoms with E-state index in [-0.39, 0.29) is 57.6 Å². The molecule has 0 saturated carbocycles. The average Bonchev–Trinajstić information content (AvgIpc) is 2.97. The number of hydrogen-bond donors (Lipinski definition) is 3. The molecule has 0 spiro atoms. The molecule has 0 radical (unpaired) electrons. The molecule has 1 aliphatic heterocycles. The molecule has 1 heterocycles. The molecule has 3 N–H and O–H groups in total. The summed E-state index contributed by atoms with van der Waals surface area (Å²) >= 11 is 0. The number of amidine groups is 2. The number of phenolic OH excluding ortho intramolecular Hbond substituents is 3. The van der Waals surface area contributed by atoms with Crippen LogP contribution in [0.4, 0.5) is 0 Å². The van der Waals surface area contributed by atoms with E-state index in [1.165, 1.54) is 5.06 Å². The molecule has 1 aliphatic rings. The highest BCUT2D eigenvalue weighted by atomic mass is 16.7. The van der Waals surface area contributed by atoms with Crippen molar-refractivity contribution in [1.29, 1.82) is 0 Å². The first kappa shape index (κ1) is 42.3. The number of phenols is 3. The van der Waals surface area contributed by atoms with Gasteiger partial charge in [-0.1, -0.05) is 125 Å². The fourth-order valence-electron chi connectivity index (χ4n) is 6.32. The lowest BCUT2D eigenvalue weighted by atomic mass is 9.79. The number of hydroxylamine groups is 2. The maximum atomic E-state index is 11.4. The predicted octanol–water partition coefficient (Wildman–Crippen LogP) is 11.0. The fraction of sp³-hybridized carbons (Fsp3) is 0.556. The van der Waals surface area contributed by atoms with E-state index in [4.69, 9.17) is 19.3 Å². The molecular weight excluding hydrogens is 679 g/mol. The third-order valence-electron chi connectivity index (χ3n) is 9.47. The number of aromatic hydroxyl groups is 3. The maximum absolute atomic E-state index is 11.4. The largest absolute Gasteiger partial charge is 0.507 e. The zero-order chi connectivity index (χ0) is 41.1. The number of hydrogen-bond acceptors (Lipinski definition) is 9. The SMILES string of the molecule is CC(C)(C)c1cc(OC2=NCN(Oc3cc(C(C)(C)C)c(O)c(C(C)(C)C)c3)C(Oc3cc(C(C)(C)C)c(O)c(C(C)(C)C)c3)=N2)cc(C(C)(C)C)c1O. The molecule has 54 heavy (non-hydrogen) atoms. The Balaban J connectivity index is 1.89. The van der Waals surface area contributed by atoms with Crippen LogP contribution in [0.3, 0.4) is 0 Å². The normalized spacial score (nSPS) is 14.8. The molecular formula is C45H65N3O6. The van der Waals surface area contributed by atoms with Gasteiger partial charge in [-0.3, -0.25) is 0 Å². The molecule has 3 aromatic rings. The third-order valence-corrected chi connectivity index (χ3v) is 9.47. The molecule has 9 heteroatoms. The number of ether oxygens (including phenoxy) is 2. The quantitative estimate of drug-likeness (QED) is 0.244. The van der Waals surface area contributed by atoms with E-state index in [0.29, 0.717) is 17.2 Å². The Labute approximate surface area is 324 Å². The van der Waals surface area contributed by atoms with E-state index >= 15 is 0 Å². The van der Waals surface area contributed by atoms with Crippen LogP contribution in [0, 0.1) is 0 Å². The summed E-state index contributed by atoms with van der Waals surface area (Å²) in [5.41, 5.74) is 2.18.